The molecular weight excluding hydrogens is 262 g/mol. The summed E-state index contributed by atoms with van der Waals surface area (Å²) < 4.78 is 0. The fourth-order valence-electron chi connectivity index (χ4n) is 3.12. The maximum atomic E-state index is 9.61. The van der Waals surface area contributed by atoms with Crippen molar-refractivity contribution in [2.24, 2.45) is 0 Å². The van der Waals surface area contributed by atoms with Crippen LogP contribution in [0.3, 0.4) is 0 Å². The summed E-state index contributed by atoms with van der Waals surface area (Å²) in [6, 6.07) is 13.2. The Morgan fingerprint density at radius 2 is 2.05 bits per heavy atom. The zero-order valence-electron chi connectivity index (χ0n) is 12.7. The largest absolute Gasteiger partial charge is 0.395 e. The predicted octanol–water partition coefficient (Wildman–Crippen LogP) is 1.73. The summed E-state index contributed by atoms with van der Waals surface area (Å²) in [4.78, 5) is 9.34. The van der Waals surface area contributed by atoms with Crippen LogP contribution >= 0.6 is 0 Å². The van der Waals surface area contributed by atoms with Gasteiger partial charge in [-0.1, -0.05) is 24.3 Å². The first-order valence-electron chi connectivity index (χ1n) is 7.53. The highest BCUT2D eigenvalue weighted by Gasteiger charge is 2.32. The molecule has 1 fully saturated rings. The minimum atomic E-state index is 0.220. The molecule has 0 saturated carbocycles. The van der Waals surface area contributed by atoms with Gasteiger partial charge in [-0.2, -0.15) is 0 Å². The van der Waals surface area contributed by atoms with Gasteiger partial charge in [0.2, 0.25) is 0 Å². The number of hydrogen-bond acceptors (Lipinski definition) is 4. The number of hydrogen-bond donors (Lipinski definition) is 1. The van der Waals surface area contributed by atoms with Gasteiger partial charge in [0, 0.05) is 30.6 Å². The number of nitrogens with zero attached hydrogens (tertiary/aromatic N) is 3. The van der Waals surface area contributed by atoms with E-state index in [1.165, 1.54) is 5.39 Å². The van der Waals surface area contributed by atoms with Gasteiger partial charge in [-0.3, -0.25) is 9.88 Å². The first-order valence-corrected chi connectivity index (χ1v) is 7.53. The summed E-state index contributed by atoms with van der Waals surface area (Å²) in [5, 5.41) is 10.8. The van der Waals surface area contributed by atoms with Crippen LogP contribution in [0.15, 0.2) is 36.4 Å². The Morgan fingerprint density at radius 3 is 2.81 bits per heavy atom. The van der Waals surface area contributed by atoms with Crippen molar-refractivity contribution in [2.75, 3.05) is 27.2 Å². The topological polar surface area (TPSA) is 39.6 Å². The van der Waals surface area contributed by atoms with Crippen LogP contribution in [0.2, 0.25) is 0 Å². The van der Waals surface area contributed by atoms with Gasteiger partial charge in [-0.15, -0.1) is 0 Å². The van der Waals surface area contributed by atoms with Crippen LogP contribution in [0.1, 0.15) is 12.1 Å². The lowest BCUT2D eigenvalue weighted by Crippen LogP contribution is -2.33. The predicted molar refractivity (Wildman–Crippen MR) is 85.1 cm³/mol. The molecule has 2 heterocycles. The van der Waals surface area contributed by atoms with Gasteiger partial charge in [0.15, 0.2) is 0 Å². The van der Waals surface area contributed by atoms with E-state index in [9.17, 15) is 5.11 Å². The number of likely N-dealkylation sites (N-methyl/N-ethyl adjacent to an activating group) is 1. The summed E-state index contributed by atoms with van der Waals surface area (Å²) >= 11 is 0. The Balaban J connectivity index is 1.77. The number of aromatic nitrogens is 1. The molecule has 0 aliphatic carbocycles. The Morgan fingerprint density at radius 1 is 1.24 bits per heavy atom. The number of fused-ring (bicyclic) bond motifs is 1. The van der Waals surface area contributed by atoms with E-state index < -0.39 is 0 Å². The van der Waals surface area contributed by atoms with E-state index in [0.717, 1.165) is 30.7 Å². The maximum Gasteiger partial charge on any atom is 0.0705 e. The second-order valence-corrected chi connectivity index (χ2v) is 6.11. The van der Waals surface area contributed by atoms with Gasteiger partial charge in [-0.25, -0.2) is 0 Å². The summed E-state index contributed by atoms with van der Waals surface area (Å²) in [7, 11) is 4.22. The van der Waals surface area contributed by atoms with Crippen molar-refractivity contribution in [3.05, 3.63) is 42.1 Å². The Labute approximate surface area is 126 Å². The molecule has 0 bridgehead atoms. The first kappa shape index (κ1) is 14.4. The van der Waals surface area contributed by atoms with Crippen molar-refractivity contribution in [3.63, 3.8) is 0 Å². The molecule has 2 aromatic rings. The molecule has 1 aliphatic rings. The van der Waals surface area contributed by atoms with Gasteiger partial charge in [0.1, 0.15) is 0 Å². The third-order valence-corrected chi connectivity index (χ3v) is 4.47. The van der Waals surface area contributed by atoms with E-state index >= 15 is 0 Å². The quantitative estimate of drug-likeness (QED) is 0.929. The monoisotopic (exact) mass is 285 g/mol. The molecule has 1 aromatic carbocycles. The minimum Gasteiger partial charge on any atom is -0.395 e. The van der Waals surface area contributed by atoms with E-state index in [0.29, 0.717) is 6.04 Å². The average Bonchev–Trinajstić information content (AvgIpc) is 2.90. The van der Waals surface area contributed by atoms with E-state index in [1.807, 2.05) is 12.1 Å². The lowest BCUT2D eigenvalue weighted by Gasteiger charge is -2.22. The second-order valence-electron chi connectivity index (χ2n) is 6.11. The molecule has 1 N–H and O–H groups in total. The van der Waals surface area contributed by atoms with E-state index in [2.05, 4.69) is 48.2 Å². The van der Waals surface area contributed by atoms with Gasteiger partial charge >= 0.3 is 0 Å². The smallest absolute Gasteiger partial charge is 0.0705 e. The molecule has 3 rings (SSSR count). The third-order valence-electron chi connectivity index (χ3n) is 4.47. The second kappa shape index (κ2) is 6.10. The summed E-state index contributed by atoms with van der Waals surface area (Å²) in [5.74, 6) is 0. The average molecular weight is 285 g/mol. The van der Waals surface area contributed by atoms with Gasteiger partial charge in [-0.05, 0) is 32.6 Å². The van der Waals surface area contributed by atoms with Gasteiger partial charge in [0.25, 0.3) is 0 Å². The SMILES string of the molecule is CN(C)[C@@H]1C[C@@H](CO)N(Cc2ccc3ccccc3n2)C1. The zero-order chi connectivity index (χ0) is 14.8. The van der Waals surface area contributed by atoms with Crippen molar-refractivity contribution in [3.8, 4) is 0 Å². The first-order chi connectivity index (χ1) is 10.2. The number of para-hydroxylation sites is 1. The summed E-state index contributed by atoms with van der Waals surface area (Å²) in [5.41, 5.74) is 2.12. The molecule has 0 amide bonds. The fraction of sp³-hybridized carbons (Fsp3) is 0.471. The lowest BCUT2D eigenvalue weighted by atomic mass is 10.1. The molecule has 1 aliphatic heterocycles. The van der Waals surface area contributed by atoms with Crippen LogP contribution in [-0.2, 0) is 6.54 Å². The highest BCUT2D eigenvalue weighted by Crippen LogP contribution is 2.23. The molecule has 1 saturated heterocycles. The standard InChI is InChI=1S/C17H23N3O/c1-19(2)15-9-16(12-21)20(11-15)10-14-8-7-13-5-3-4-6-17(13)18-14/h3-8,15-16,21H,9-12H2,1-2H3/t15-,16+/m1/s1. The number of pyridine rings is 1. The summed E-state index contributed by atoms with van der Waals surface area (Å²) in [6.07, 6.45) is 1.02. The number of benzene rings is 1. The van der Waals surface area contributed by atoms with Crippen LogP contribution < -0.4 is 0 Å². The van der Waals surface area contributed by atoms with E-state index in [-0.39, 0.29) is 12.6 Å². The van der Waals surface area contributed by atoms with Crippen molar-refractivity contribution < 1.29 is 5.11 Å². The molecule has 4 nitrogen and oxygen atoms in total. The van der Waals surface area contributed by atoms with Crippen molar-refractivity contribution in [1.82, 2.24) is 14.8 Å². The lowest BCUT2D eigenvalue weighted by molar-refractivity contribution is 0.152. The third kappa shape index (κ3) is 3.07. The molecule has 0 radical (unpaired) electrons. The van der Waals surface area contributed by atoms with Crippen LogP contribution in [0, 0.1) is 0 Å². The highest BCUT2D eigenvalue weighted by molar-refractivity contribution is 5.78. The van der Waals surface area contributed by atoms with E-state index in [4.69, 9.17) is 4.98 Å². The number of rotatable bonds is 4. The van der Waals surface area contributed by atoms with Crippen LogP contribution in [-0.4, -0.2) is 59.2 Å². The zero-order valence-corrected chi connectivity index (χ0v) is 12.7. The molecule has 0 spiro atoms. The molecule has 2 atom stereocenters. The normalized spacial score (nSPS) is 23.2. The number of aliphatic hydroxyl groups excluding tert-OH is 1. The Bertz CT molecular complexity index is 614. The molecular formula is C17H23N3O. The van der Waals surface area contributed by atoms with Crippen molar-refractivity contribution >= 4 is 10.9 Å². The highest BCUT2D eigenvalue weighted by atomic mass is 16.3. The fourth-order valence-corrected chi connectivity index (χ4v) is 3.12. The van der Waals surface area contributed by atoms with Gasteiger partial charge < -0.3 is 10.0 Å². The number of aliphatic hydroxyl groups is 1. The van der Waals surface area contributed by atoms with Gasteiger partial charge in [0.05, 0.1) is 17.8 Å². The Hall–Kier alpha value is -1.49. The molecule has 21 heavy (non-hydrogen) atoms. The van der Waals surface area contributed by atoms with Crippen molar-refractivity contribution in [2.45, 2.75) is 25.0 Å². The van der Waals surface area contributed by atoms with Crippen LogP contribution in [0.5, 0.6) is 0 Å². The van der Waals surface area contributed by atoms with Crippen LogP contribution in [0.4, 0.5) is 0 Å². The summed E-state index contributed by atoms with van der Waals surface area (Å²) in [6.45, 7) is 2.02. The maximum absolute atomic E-state index is 9.61. The molecule has 1 aromatic heterocycles. The minimum absolute atomic E-state index is 0.220. The number of likely N-dealkylation sites (tertiary alicyclic amines) is 1. The van der Waals surface area contributed by atoms with Crippen molar-refractivity contribution in [1.29, 1.82) is 0 Å². The molecule has 112 valence electrons. The van der Waals surface area contributed by atoms with Crippen LogP contribution in [0.25, 0.3) is 10.9 Å². The molecule has 4 heteroatoms. The molecule has 0 unspecified atom stereocenters. The van der Waals surface area contributed by atoms with E-state index in [1.54, 1.807) is 0 Å². The Kier molecular flexibility index (Phi) is 4.19.